The van der Waals surface area contributed by atoms with Crippen LogP contribution in [0.5, 0.6) is 5.75 Å². The average Bonchev–Trinajstić information content (AvgIpc) is 2.68. The van der Waals surface area contributed by atoms with Crippen LogP contribution in [-0.4, -0.2) is 23.4 Å². The largest absolute Gasteiger partial charge is 0.543 e. The Labute approximate surface area is 161 Å². The molecule has 146 valence electrons. The first kappa shape index (κ1) is 20.6. The maximum atomic E-state index is 12.3. The monoisotopic (exact) mass is 383 g/mol. The van der Waals surface area contributed by atoms with E-state index in [-0.39, 0.29) is 16.8 Å². The summed E-state index contributed by atoms with van der Waals surface area (Å²) in [4.78, 5) is 33.9. The molecule has 0 heterocycles. The lowest BCUT2D eigenvalue weighted by Gasteiger charge is -2.12. The summed E-state index contributed by atoms with van der Waals surface area (Å²) in [6.45, 7) is 2.62. The minimum atomic E-state index is -1.61. The molecule has 8 nitrogen and oxygen atoms in total. The number of rotatable bonds is 9. The van der Waals surface area contributed by atoms with Crippen molar-refractivity contribution in [3.05, 3.63) is 75.5 Å². The molecule has 1 amide bonds. The van der Waals surface area contributed by atoms with Crippen molar-refractivity contribution >= 4 is 23.6 Å². The van der Waals surface area contributed by atoms with Crippen molar-refractivity contribution < 1.29 is 24.4 Å². The van der Waals surface area contributed by atoms with Gasteiger partial charge in [-0.05, 0) is 42.3 Å². The number of nitro groups is 1. The average molecular weight is 383 g/mol. The molecule has 0 fully saturated rings. The number of nitrogens with one attached hydrogen (secondary N) is 1. The fourth-order valence-corrected chi connectivity index (χ4v) is 2.27. The number of amides is 1. The highest BCUT2D eigenvalue weighted by Gasteiger charge is 2.10. The molecule has 0 saturated carbocycles. The van der Waals surface area contributed by atoms with Crippen LogP contribution >= 0.6 is 0 Å². The lowest BCUT2D eigenvalue weighted by molar-refractivity contribution is -0.384. The number of hydrogen-bond acceptors (Lipinski definition) is 6. The van der Waals surface area contributed by atoms with Gasteiger partial charge in [0.1, 0.15) is 5.75 Å². The second-order valence-corrected chi connectivity index (χ2v) is 5.88. The van der Waals surface area contributed by atoms with E-state index in [0.717, 1.165) is 18.9 Å². The maximum absolute atomic E-state index is 12.3. The SMILES string of the molecule is CCCCOc1ccc(C(=O)N/C(=C/c2cccc([N+](=O)[O-])c2)C(=O)[O-])cc1. The summed E-state index contributed by atoms with van der Waals surface area (Å²) in [7, 11) is 0. The van der Waals surface area contributed by atoms with Crippen LogP contribution in [0.1, 0.15) is 35.7 Å². The molecule has 0 aliphatic rings. The highest BCUT2D eigenvalue weighted by atomic mass is 16.6. The maximum Gasteiger partial charge on any atom is 0.270 e. The molecular weight excluding hydrogens is 364 g/mol. The Morgan fingerprint density at radius 1 is 1.18 bits per heavy atom. The van der Waals surface area contributed by atoms with E-state index < -0.39 is 22.5 Å². The third kappa shape index (κ3) is 5.94. The number of unbranched alkanes of at least 4 members (excludes halogenated alkanes) is 1. The Hall–Kier alpha value is -3.68. The van der Waals surface area contributed by atoms with E-state index in [2.05, 4.69) is 5.32 Å². The van der Waals surface area contributed by atoms with Crippen molar-refractivity contribution in [1.29, 1.82) is 0 Å². The minimum absolute atomic E-state index is 0.198. The highest BCUT2D eigenvalue weighted by molar-refractivity contribution is 6.02. The summed E-state index contributed by atoms with van der Waals surface area (Å²) in [5.41, 5.74) is -0.229. The Kier molecular flexibility index (Phi) is 7.27. The number of carbonyl (C=O) groups excluding carboxylic acids is 2. The number of nitrogens with zero attached hydrogens (tertiary/aromatic N) is 1. The van der Waals surface area contributed by atoms with Crippen LogP contribution in [0.4, 0.5) is 5.69 Å². The first-order valence-electron chi connectivity index (χ1n) is 8.62. The predicted molar refractivity (Wildman–Crippen MR) is 100 cm³/mol. The van der Waals surface area contributed by atoms with Crippen LogP contribution in [0, 0.1) is 10.1 Å². The lowest BCUT2D eigenvalue weighted by atomic mass is 10.1. The predicted octanol–water partition coefficient (Wildman–Crippen LogP) is 2.29. The van der Waals surface area contributed by atoms with Gasteiger partial charge in [-0.2, -0.15) is 0 Å². The first-order valence-corrected chi connectivity index (χ1v) is 8.62. The molecule has 0 radical (unpaired) electrons. The molecule has 0 aromatic heterocycles. The second kappa shape index (κ2) is 9.86. The van der Waals surface area contributed by atoms with Crippen molar-refractivity contribution in [2.45, 2.75) is 19.8 Å². The summed E-state index contributed by atoms with van der Waals surface area (Å²) in [5, 5.41) is 24.4. The number of aliphatic carboxylic acids is 1. The summed E-state index contributed by atoms with van der Waals surface area (Å²) in [5.74, 6) is -1.65. The number of carboxylic acid groups (broad SMARTS) is 1. The molecule has 2 aromatic rings. The quantitative estimate of drug-likeness (QED) is 0.307. The zero-order chi connectivity index (χ0) is 20.5. The second-order valence-electron chi connectivity index (χ2n) is 5.88. The molecular formula is C20H19N2O6-. The molecule has 0 bridgehead atoms. The third-order valence-electron chi connectivity index (χ3n) is 3.74. The van der Waals surface area contributed by atoms with Crippen LogP contribution < -0.4 is 15.2 Å². The number of carboxylic acids is 1. The molecule has 0 spiro atoms. The summed E-state index contributed by atoms with van der Waals surface area (Å²) >= 11 is 0. The Balaban J connectivity index is 2.13. The third-order valence-corrected chi connectivity index (χ3v) is 3.74. The van der Waals surface area contributed by atoms with Crippen molar-refractivity contribution in [2.24, 2.45) is 0 Å². The van der Waals surface area contributed by atoms with E-state index in [0.29, 0.717) is 12.4 Å². The van der Waals surface area contributed by atoms with E-state index in [1.807, 2.05) is 6.92 Å². The molecule has 28 heavy (non-hydrogen) atoms. The zero-order valence-electron chi connectivity index (χ0n) is 15.2. The standard InChI is InChI=1S/C20H20N2O6/c1-2-3-11-28-17-9-7-15(8-10-17)19(23)21-18(20(24)25)13-14-5-4-6-16(12-14)22(26)27/h4-10,12-13H,2-3,11H2,1H3,(H,21,23)(H,24,25)/p-1/b18-13+. The Morgan fingerprint density at radius 2 is 1.89 bits per heavy atom. The zero-order valence-corrected chi connectivity index (χ0v) is 15.2. The lowest BCUT2D eigenvalue weighted by Crippen LogP contribution is -2.35. The van der Waals surface area contributed by atoms with Crippen LogP contribution in [0.25, 0.3) is 6.08 Å². The van der Waals surface area contributed by atoms with E-state index in [9.17, 15) is 24.8 Å². The Morgan fingerprint density at radius 3 is 2.50 bits per heavy atom. The first-order chi connectivity index (χ1) is 13.4. The van der Waals surface area contributed by atoms with Gasteiger partial charge in [-0.15, -0.1) is 0 Å². The van der Waals surface area contributed by atoms with Crippen LogP contribution in [-0.2, 0) is 4.79 Å². The van der Waals surface area contributed by atoms with Gasteiger partial charge in [-0.3, -0.25) is 14.9 Å². The van der Waals surface area contributed by atoms with Crippen molar-refractivity contribution in [3.8, 4) is 5.75 Å². The number of hydrogen-bond donors (Lipinski definition) is 1. The topological polar surface area (TPSA) is 122 Å². The molecule has 0 aliphatic heterocycles. The molecule has 8 heteroatoms. The number of nitro benzene ring substituents is 1. The molecule has 0 saturated heterocycles. The van der Waals surface area contributed by atoms with Crippen LogP contribution in [0.2, 0.25) is 0 Å². The van der Waals surface area contributed by atoms with Gasteiger partial charge in [0.15, 0.2) is 0 Å². The molecule has 2 aromatic carbocycles. The van der Waals surface area contributed by atoms with E-state index >= 15 is 0 Å². The van der Waals surface area contributed by atoms with E-state index in [1.165, 1.54) is 36.4 Å². The molecule has 1 N–H and O–H groups in total. The molecule has 0 atom stereocenters. The van der Waals surface area contributed by atoms with Crippen molar-refractivity contribution in [2.75, 3.05) is 6.61 Å². The van der Waals surface area contributed by atoms with Gasteiger partial charge in [0.2, 0.25) is 0 Å². The van der Waals surface area contributed by atoms with E-state index in [4.69, 9.17) is 4.74 Å². The van der Waals surface area contributed by atoms with Crippen molar-refractivity contribution in [1.82, 2.24) is 5.32 Å². The number of non-ortho nitro benzene ring substituents is 1. The van der Waals surface area contributed by atoms with Gasteiger partial charge < -0.3 is 20.0 Å². The van der Waals surface area contributed by atoms with E-state index in [1.54, 1.807) is 12.1 Å². The van der Waals surface area contributed by atoms with Gasteiger partial charge in [0.05, 0.1) is 23.2 Å². The number of carbonyl (C=O) groups is 2. The Bertz CT molecular complexity index is 890. The normalized spacial score (nSPS) is 11.0. The summed E-state index contributed by atoms with van der Waals surface area (Å²) in [6, 6.07) is 11.6. The molecule has 0 unspecified atom stereocenters. The minimum Gasteiger partial charge on any atom is -0.543 e. The number of benzene rings is 2. The molecule has 0 aliphatic carbocycles. The smallest absolute Gasteiger partial charge is 0.270 e. The van der Waals surface area contributed by atoms with Crippen molar-refractivity contribution in [3.63, 3.8) is 0 Å². The molecule has 2 rings (SSSR count). The van der Waals surface area contributed by atoms with Crippen LogP contribution in [0.3, 0.4) is 0 Å². The summed E-state index contributed by atoms with van der Waals surface area (Å²) in [6.07, 6.45) is 3.02. The van der Waals surface area contributed by atoms with Crippen LogP contribution in [0.15, 0.2) is 54.2 Å². The summed E-state index contributed by atoms with van der Waals surface area (Å²) < 4.78 is 5.51. The van der Waals surface area contributed by atoms with Gasteiger partial charge >= 0.3 is 0 Å². The van der Waals surface area contributed by atoms with Gasteiger partial charge in [0, 0.05) is 17.7 Å². The van der Waals surface area contributed by atoms with Gasteiger partial charge in [0.25, 0.3) is 11.6 Å². The fraction of sp³-hybridized carbons (Fsp3) is 0.200. The highest BCUT2D eigenvalue weighted by Crippen LogP contribution is 2.16. The van der Waals surface area contributed by atoms with Gasteiger partial charge in [-0.1, -0.05) is 25.5 Å². The number of ether oxygens (including phenoxy) is 1. The van der Waals surface area contributed by atoms with Gasteiger partial charge in [-0.25, -0.2) is 0 Å². The fourth-order valence-electron chi connectivity index (χ4n) is 2.27.